The molecule has 0 aliphatic carbocycles. The van der Waals surface area contributed by atoms with E-state index in [1.807, 2.05) is 12.1 Å². The van der Waals surface area contributed by atoms with Gasteiger partial charge in [0.1, 0.15) is 12.1 Å². The Morgan fingerprint density at radius 3 is 2.47 bits per heavy atom. The normalized spacial score (nSPS) is 16.3. The third-order valence-electron chi connectivity index (χ3n) is 5.65. The van der Waals surface area contributed by atoms with Crippen molar-refractivity contribution in [3.8, 4) is 5.88 Å². The molecule has 154 valence electrons. The number of hydrogen-bond acceptors (Lipinski definition) is 6. The van der Waals surface area contributed by atoms with Crippen molar-refractivity contribution in [2.75, 3.05) is 31.1 Å². The number of thiazole rings is 1. The van der Waals surface area contributed by atoms with Gasteiger partial charge in [0.25, 0.3) is 0 Å². The van der Waals surface area contributed by atoms with Crippen LogP contribution in [0.3, 0.4) is 0 Å². The zero-order chi connectivity index (χ0) is 20.7. The summed E-state index contributed by atoms with van der Waals surface area (Å²) in [5.41, 5.74) is 2.94. The molecule has 5 rings (SSSR count). The van der Waals surface area contributed by atoms with Gasteiger partial charge in [-0.15, -0.1) is 0 Å². The van der Waals surface area contributed by atoms with Crippen molar-refractivity contribution in [3.63, 3.8) is 0 Å². The lowest BCUT2D eigenvalue weighted by atomic mass is 10.0. The van der Waals surface area contributed by atoms with E-state index in [1.54, 1.807) is 6.07 Å². The van der Waals surface area contributed by atoms with Crippen LogP contribution in [0.25, 0.3) is 4.96 Å². The number of piperazine rings is 1. The highest BCUT2D eigenvalue weighted by molar-refractivity contribution is 7.17. The van der Waals surface area contributed by atoms with Gasteiger partial charge in [0, 0.05) is 26.2 Å². The van der Waals surface area contributed by atoms with E-state index in [2.05, 4.69) is 51.1 Å². The summed E-state index contributed by atoms with van der Waals surface area (Å²) in [4.78, 5) is 10.2. The number of aryl methyl sites for hydroxylation is 1. The second-order valence-corrected chi connectivity index (χ2v) is 8.54. The van der Waals surface area contributed by atoms with Gasteiger partial charge < -0.3 is 10.0 Å². The molecule has 1 N–H and O–H groups in total. The Hall–Kier alpha value is -2.97. The number of fused-ring (bicyclic) bond motifs is 1. The van der Waals surface area contributed by atoms with Gasteiger partial charge >= 0.3 is 0 Å². The van der Waals surface area contributed by atoms with Crippen molar-refractivity contribution in [3.05, 3.63) is 76.7 Å². The molecule has 0 bridgehead atoms. The monoisotopic (exact) mass is 423 g/mol. The molecule has 1 aliphatic rings. The Balaban J connectivity index is 1.47. The van der Waals surface area contributed by atoms with E-state index >= 15 is 0 Å². The van der Waals surface area contributed by atoms with E-state index < -0.39 is 0 Å². The van der Waals surface area contributed by atoms with Crippen molar-refractivity contribution in [2.24, 2.45) is 0 Å². The Kier molecular flexibility index (Phi) is 4.88. The molecule has 2 aromatic carbocycles. The van der Waals surface area contributed by atoms with Crippen LogP contribution in [0.15, 0.2) is 54.9 Å². The summed E-state index contributed by atoms with van der Waals surface area (Å²) in [6, 6.07) is 15.2. The first-order valence-corrected chi connectivity index (χ1v) is 10.7. The van der Waals surface area contributed by atoms with Gasteiger partial charge in [-0.2, -0.15) is 9.61 Å². The molecule has 8 heteroatoms. The van der Waals surface area contributed by atoms with E-state index in [9.17, 15) is 9.50 Å². The van der Waals surface area contributed by atoms with Gasteiger partial charge in [-0.05, 0) is 24.6 Å². The zero-order valence-corrected chi connectivity index (χ0v) is 17.4. The number of benzene rings is 2. The van der Waals surface area contributed by atoms with E-state index in [0.29, 0.717) is 23.7 Å². The zero-order valence-electron chi connectivity index (χ0n) is 16.6. The molecular formula is C22H22FN5OS. The number of anilines is 1. The third kappa shape index (κ3) is 3.32. The topological polar surface area (TPSA) is 56.9 Å². The molecule has 2 aromatic heterocycles. The molecule has 0 saturated carbocycles. The molecule has 6 nitrogen and oxygen atoms in total. The number of halogens is 1. The van der Waals surface area contributed by atoms with Gasteiger partial charge in [0.15, 0.2) is 0 Å². The molecule has 30 heavy (non-hydrogen) atoms. The maximum Gasteiger partial charge on any atom is 0.230 e. The Morgan fingerprint density at radius 2 is 1.77 bits per heavy atom. The fraction of sp³-hybridized carbons (Fsp3) is 0.273. The second kappa shape index (κ2) is 7.70. The minimum atomic E-state index is -0.191. The van der Waals surface area contributed by atoms with Gasteiger partial charge in [-0.25, -0.2) is 9.37 Å². The van der Waals surface area contributed by atoms with Crippen LogP contribution in [-0.4, -0.2) is 50.8 Å². The van der Waals surface area contributed by atoms with Gasteiger partial charge in [-0.3, -0.25) is 4.90 Å². The maximum absolute atomic E-state index is 14.2. The molecule has 0 spiro atoms. The lowest BCUT2D eigenvalue weighted by Crippen LogP contribution is -2.48. The summed E-state index contributed by atoms with van der Waals surface area (Å²) in [7, 11) is 0. The molecule has 4 aromatic rings. The first-order chi connectivity index (χ1) is 14.6. The van der Waals surface area contributed by atoms with Crippen LogP contribution >= 0.6 is 11.3 Å². The van der Waals surface area contributed by atoms with Gasteiger partial charge in [0.05, 0.1) is 16.6 Å². The molecule has 1 unspecified atom stereocenters. The third-order valence-corrected chi connectivity index (χ3v) is 6.74. The molecule has 1 fully saturated rings. The molecule has 1 saturated heterocycles. The molecule has 1 atom stereocenters. The SMILES string of the molecule is Cc1ccc(C(c2sc3ncnn3c2O)N2CCN(c3ccccc3F)CC2)cc1. The molecular weight excluding hydrogens is 401 g/mol. The van der Waals surface area contributed by atoms with Crippen LogP contribution in [0, 0.1) is 12.7 Å². The Bertz CT molecular complexity index is 1160. The molecule has 0 radical (unpaired) electrons. The van der Waals surface area contributed by atoms with Crippen LogP contribution in [-0.2, 0) is 0 Å². The lowest BCUT2D eigenvalue weighted by Gasteiger charge is -2.40. The summed E-state index contributed by atoms with van der Waals surface area (Å²) >= 11 is 1.46. The van der Waals surface area contributed by atoms with Crippen LogP contribution in [0.4, 0.5) is 10.1 Å². The number of rotatable bonds is 4. The highest BCUT2D eigenvalue weighted by atomic mass is 32.1. The fourth-order valence-electron chi connectivity index (χ4n) is 4.08. The highest BCUT2D eigenvalue weighted by Crippen LogP contribution is 2.40. The average molecular weight is 424 g/mol. The largest absolute Gasteiger partial charge is 0.492 e. The number of aromatic hydroxyl groups is 1. The van der Waals surface area contributed by atoms with Crippen molar-refractivity contribution < 1.29 is 9.50 Å². The maximum atomic E-state index is 14.2. The van der Waals surface area contributed by atoms with Crippen molar-refractivity contribution in [2.45, 2.75) is 13.0 Å². The smallest absolute Gasteiger partial charge is 0.230 e. The molecule has 1 aliphatic heterocycles. The van der Waals surface area contributed by atoms with E-state index in [-0.39, 0.29) is 17.7 Å². The van der Waals surface area contributed by atoms with Gasteiger partial charge in [-0.1, -0.05) is 53.3 Å². The Labute approximate surface area is 177 Å². The minimum absolute atomic E-state index is 0.109. The van der Waals surface area contributed by atoms with Crippen LogP contribution < -0.4 is 4.90 Å². The van der Waals surface area contributed by atoms with E-state index in [4.69, 9.17) is 0 Å². The van der Waals surface area contributed by atoms with Crippen molar-refractivity contribution >= 4 is 22.0 Å². The summed E-state index contributed by atoms with van der Waals surface area (Å²) in [5.74, 6) is -0.0566. The minimum Gasteiger partial charge on any atom is -0.492 e. The number of para-hydroxylation sites is 1. The van der Waals surface area contributed by atoms with Crippen LogP contribution in [0.1, 0.15) is 22.0 Å². The highest BCUT2D eigenvalue weighted by Gasteiger charge is 2.31. The van der Waals surface area contributed by atoms with Crippen molar-refractivity contribution in [1.82, 2.24) is 19.5 Å². The standard InChI is InChI=1S/C22H22FN5OS/c1-15-6-8-16(9-7-15)19(20-21(29)28-22(30-20)24-14-25-28)27-12-10-26(11-13-27)18-5-3-2-4-17(18)23/h2-9,14,19,29H,10-13H2,1H3. The first kappa shape index (κ1) is 19.0. The van der Waals surface area contributed by atoms with Crippen LogP contribution in [0.2, 0.25) is 0 Å². The number of hydrogen-bond donors (Lipinski definition) is 1. The number of nitrogens with zero attached hydrogens (tertiary/aromatic N) is 5. The fourth-order valence-corrected chi connectivity index (χ4v) is 5.17. The molecule has 3 heterocycles. The average Bonchev–Trinajstić information content (AvgIpc) is 3.34. The first-order valence-electron chi connectivity index (χ1n) is 9.93. The van der Waals surface area contributed by atoms with E-state index in [1.165, 1.54) is 33.8 Å². The van der Waals surface area contributed by atoms with Crippen molar-refractivity contribution in [1.29, 1.82) is 0 Å². The second-order valence-electron chi connectivity index (χ2n) is 7.53. The summed E-state index contributed by atoms with van der Waals surface area (Å²) < 4.78 is 15.7. The quantitative estimate of drug-likeness (QED) is 0.540. The summed E-state index contributed by atoms with van der Waals surface area (Å²) in [6.07, 6.45) is 1.45. The molecule has 0 amide bonds. The summed E-state index contributed by atoms with van der Waals surface area (Å²) in [6.45, 7) is 4.99. The van der Waals surface area contributed by atoms with Gasteiger partial charge in [0.2, 0.25) is 10.8 Å². The summed E-state index contributed by atoms with van der Waals surface area (Å²) in [5, 5.41) is 15.0. The predicted molar refractivity (Wildman–Crippen MR) is 116 cm³/mol. The predicted octanol–water partition coefficient (Wildman–Crippen LogP) is 3.86. The lowest BCUT2D eigenvalue weighted by molar-refractivity contribution is 0.210. The van der Waals surface area contributed by atoms with E-state index in [0.717, 1.165) is 23.5 Å². The van der Waals surface area contributed by atoms with Crippen LogP contribution in [0.5, 0.6) is 5.88 Å². The Morgan fingerprint density at radius 1 is 1.03 bits per heavy atom. The number of aromatic nitrogens is 3.